The smallest absolute Gasteiger partial charge is 0.262 e. The van der Waals surface area contributed by atoms with Gasteiger partial charge in [-0.1, -0.05) is 12.1 Å². The van der Waals surface area contributed by atoms with Crippen molar-refractivity contribution < 1.29 is 25.5 Å². The zero-order valence-corrected chi connectivity index (χ0v) is 14.0. The number of hydrogen-bond donors (Lipinski definition) is 5. The number of aromatic nitrogens is 4. The molecule has 0 saturated heterocycles. The second kappa shape index (κ2) is 7.09. The fourth-order valence-corrected chi connectivity index (χ4v) is 2.93. The third-order valence-corrected chi connectivity index (χ3v) is 4.37. The minimum atomic E-state index is -1.83. The van der Waals surface area contributed by atoms with Crippen LogP contribution in [0.1, 0.15) is 18.9 Å². The Balaban J connectivity index is 2.22. The molecular formula is C16H20N4O6. The highest BCUT2D eigenvalue weighted by Crippen LogP contribution is 2.23. The summed E-state index contributed by atoms with van der Waals surface area (Å²) in [5, 5.41) is 57.1. The molecule has 0 bridgehead atoms. The maximum absolute atomic E-state index is 12.6. The topological polar surface area (TPSA) is 153 Å². The summed E-state index contributed by atoms with van der Waals surface area (Å²) in [6.45, 7) is 1.29. The number of nitrogens with zero attached hydrogens (tertiary/aromatic N) is 4. The van der Waals surface area contributed by atoms with Gasteiger partial charge >= 0.3 is 0 Å². The minimum absolute atomic E-state index is 0.102. The second-order valence-corrected chi connectivity index (χ2v) is 5.94. The van der Waals surface area contributed by atoms with E-state index in [0.29, 0.717) is 17.4 Å². The van der Waals surface area contributed by atoms with E-state index in [-0.39, 0.29) is 17.2 Å². The Labute approximate surface area is 147 Å². The van der Waals surface area contributed by atoms with E-state index in [1.54, 1.807) is 31.2 Å². The van der Waals surface area contributed by atoms with E-state index in [9.17, 15) is 25.2 Å². The van der Waals surface area contributed by atoms with Gasteiger partial charge in [-0.05, 0) is 19.1 Å². The summed E-state index contributed by atoms with van der Waals surface area (Å²) in [5.74, 6) is 0.0738. The van der Waals surface area contributed by atoms with Crippen LogP contribution in [0.4, 0.5) is 0 Å². The van der Waals surface area contributed by atoms with Gasteiger partial charge in [0.2, 0.25) is 5.78 Å². The number of aliphatic hydroxyl groups is 5. The standard InChI is InChI=1S/C16H20N4O6/c1-2-19-15(26)8-5-3-4-6-9(8)20-14(17-18-16(19)20)13(25)12(24)11(23)10(22)7-21/h3-6,10-13,21-25H,2,7H2,1H3/t10-,11+,12+,13-/m1/s1. The predicted octanol–water partition coefficient (Wildman–Crippen LogP) is -1.83. The molecule has 5 N–H and O–H groups in total. The molecule has 3 rings (SSSR count). The number of aliphatic hydroxyl groups excluding tert-OH is 5. The van der Waals surface area contributed by atoms with Gasteiger partial charge in [0.25, 0.3) is 5.56 Å². The quantitative estimate of drug-likeness (QED) is 0.342. The minimum Gasteiger partial charge on any atom is -0.394 e. The number of hydrogen-bond acceptors (Lipinski definition) is 8. The van der Waals surface area contributed by atoms with Crippen molar-refractivity contribution in [3.8, 4) is 0 Å². The zero-order chi connectivity index (χ0) is 19.0. The Morgan fingerprint density at radius 1 is 1.08 bits per heavy atom. The highest BCUT2D eigenvalue weighted by atomic mass is 16.4. The van der Waals surface area contributed by atoms with Gasteiger partial charge < -0.3 is 25.5 Å². The van der Waals surface area contributed by atoms with Crippen molar-refractivity contribution in [1.29, 1.82) is 0 Å². The fourth-order valence-electron chi connectivity index (χ4n) is 2.93. The Morgan fingerprint density at radius 2 is 1.77 bits per heavy atom. The SMILES string of the molecule is CCn1c(=O)c2ccccc2n2c([C@H](O)[C@@H](O)[C@@H](O)[C@H](O)CO)nnc12. The van der Waals surface area contributed by atoms with Crippen molar-refractivity contribution in [3.05, 3.63) is 40.4 Å². The molecule has 0 amide bonds. The fraction of sp³-hybridized carbons (Fsp3) is 0.438. The van der Waals surface area contributed by atoms with E-state index >= 15 is 0 Å². The number of benzene rings is 1. The molecule has 10 nitrogen and oxygen atoms in total. The molecule has 10 heteroatoms. The van der Waals surface area contributed by atoms with Gasteiger partial charge in [0.15, 0.2) is 5.82 Å². The summed E-state index contributed by atoms with van der Waals surface area (Å²) in [6.07, 6.45) is -6.98. The van der Waals surface area contributed by atoms with Gasteiger partial charge in [0.05, 0.1) is 17.5 Å². The van der Waals surface area contributed by atoms with Crippen LogP contribution in [0.5, 0.6) is 0 Å². The van der Waals surface area contributed by atoms with Crippen LogP contribution >= 0.6 is 0 Å². The summed E-state index contributed by atoms with van der Waals surface area (Å²) in [7, 11) is 0. The van der Waals surface area contributed by atoms with E-state index in [1.165, 1.54) is 8.97 Å². The van der Waals surface area contributed by atoms with Gasteiger partial charge in [-0.2, -0.15) is 0 Å². The molecule has 0 radical (unpaired) electrons. The third kappa shape index (κ3) is 2.77. The van der Waals surface area contributed by atoms with E-state index in [2.05, 4.69) is 10.2 Å². The first kappa shape index (κ1) is 18.4. The molecule has 2 aromatic heterocycles. The van der Waals surface area contributed by atoms with E-state index < -0.39 is 31.0 Å². The Kier molecular flexibility index (Phi) is 5.03. The van der Waals surface area contributed by atoms with Gasteiger partial charge in [0.1, 0.15) is 24.4 Å². The summed E-state index contributed by atoms with van der Waals surface area (Å²) >= 11 is 0. The molecule has 0 unspecified atom stereocenters. The first-order valence-electron chi connectivity index (χ1n) is 8.12. The summed E-state index contributed by atoms with van der Waals surface area (Å²) in [5.41, 5.74) is 0.168. The molecule has 26 heavy (non-hydrogen) atoms. The van der Waals surface area contributed by atoms with Crippen molar-refractivity contribution in [2.24, 2.45) is 0 Å². The average Bonchev–Trinajstić information content (AvgIpc) is 3.11. The van der Waals surface area contributed by atoms with Gasteiger partial charge in [-0.3, -0.25) is 13.8 Å². The Bertz CT molecular complexity index is 984. The van der Waals surface area contributed by atoms with Crippen LogP contribution in [0.3, 0.4) is 0 Å². The monoisotopic (exact) mass is 364 g/mol. The lowest BCUT2D eigenvalue weighted by atomic mass is 10.0. The highest BCUT2D eigenvalue weighted by molar-refractivity contribution is 5.80. The molecule has 1 aromatic carbocycles. The predicted molar refractivity (Wildman–Crippen MR) is 90.5 cm³/mol. The largest absolute Gasteiger partial charge is 0.394 e. The van der Waals surface area contributed by atoms with Crippen LogP contribution in [-0.4, -0.2) is 69.6 Å². The maximum atomic E-state index is 12.6. The lowest BCUT2D eigenvalue weighted by Gasteiger charge is -2.24. The van der Waals surface area contributed by atoms with Gasteiger partial charge in [-0.25, -0.2) is 0 Å². The lowest BCUT2D eigenvalue weighted by molar-refractivity contribution is -0.118. The molecule has 0 fully saturated rings. The maximum Gasteiger partial charge on any atom is 0.262 e. The lowest BCUT2D eigenvalue weighted by Crippen LogP contribution is -2.43. The van der Waals surface area contributed by atoms with Crippen molar-refractivity contribution in [2.45, 2.75) is 37.9 Å². The number of rotatable bonds is 6. The van der Waals surface area contributed by atoms with Crippen LogP contribution in [0.2, 0.25) is 0 Å². The molecule has 0 aliphatic carbocycles. The number of para-hydroxylation sites is 1. The van der Waals surface area contributed by atoms with Crippen molar-refractivity contribution >= 4 is 16.7 Å². The van der Waals surface area contributed by atoms with Crippen LogP contribution in [0.15, 0.2) is 29.1 Å². The average molecular weight is 364 g/mol. The summed E-state index contributed by atoms with van der Waals surface area (Å²) in [4.78, 5) is 12.6. The third-order valence-electron chi connectivity index (χ3n) is 4.37. The van der Waals surface area contributed by atoms with Crippen LogP contribution in [0, 0.1) is 0 Å². The Hall–Kier alpha value is -2.37. The van der Waals surface area contributed by atoms with Crippen molar-refractivity contribution in [2.75, 3.05) is 6.61 Å². The molecule has 0 aliphatic rings. The van der Waals surface area contributed by atoms with Crippen LogP contribution < -0.4 is 5.56 Å². The molecular weight excluding hydrogens is 344 g/mol. The van der Waals surface area contributed by atoms with Crippen molar-refractivity contribution in [3.63, 3.8) is 0 Å². The van der Waals surface area contributed by atoms with E-state index in [1.807, 2.05) is 0 Å². The molecule has 0 saturated carbocycles. The second-order valence-electron chi connectivity index (χ2n) is 5.94. The molecule has 4 atom stereocenters. The van der Waals surface area contributed by atoms with E-state index in [4.69, 9.17) is 5.11 Å². The summed E-state index contributed by atoms with van der Waals surface area (Å²) < 4.78 is 2.79. The first-order valence-corrected chi connectivity index (χ1v) is 8.12. The molecule has 140 valence electrons. The molecule has 2 heterocycles. The van der Waals surface area contributed by atoms with Gasteiger partial charge in [-0.15, -0.1) is 10.2 Å². The highest BCUT2D eigenvalue weighted by Gasteiger charge is 2.34. The first-order chi connectivity index (χ1) is 12.4. The van der Waals surface area contributed by atoms with E-state index in [0.717, 1.165) is 0 Å². The van der Waals surface area contributed by atoms with Crippen molar-refractivity contribution in [1.82, 2.24) is 19.2 Å². The normalized spacial score (nSPS) is 16.7. The molecule has 0 aliphatic heterocycles. The van der Waals surface area contributed by atoms with Crippen LogP contribution in [0.25, 0.3) is 16.7 Å². The summed E-state index contributed by atoms with van der Waals surface area (Å²) in [6, 6.07) is 6.68. The number of fused-ring (bicyclic) bond motifs is 3. The zero-order valence-electron chi connectivity index (χ0n) is 14.0. The molecule has 0 spiro atoms. The van der Waals surface area contributed by atoms with Crippen LogP contribution in [-0.2, 0) is 6.54 Å². The van der Waals surface area contributed by atoms with Gasteiger partial charge in [0, 0.05) is 6.54 Å². The number of aryl methyl sites for hydroxylation is 1. The molecule has 3 aromatic rings. The Morgan fingerprint density at radius 3 is 2.42 bits per heavy atom.